The Bertz CT molecular complexity index is 670. The molecule has 26 heavy (non-hydrogen) atoms. The van der Waals surface area contributed by atoms with Crippen molar-refractivity contribution < 1.29 is 29.4 Å². The normalized spacial score (nSPS) is 10.7. The molecule has 0 heterocycles. The highest BCUT2D eigenvalue weighted by molar-refractivity contribution is 5.93. The van der Waals surface area contributed by atoms with Gasteiger partial charge in [-0.1, -0.05) is 12.1 Å². The summed E-state index contributed by atoms with van der Waals surface area (Å²) in [6, 6.07) is 5.65. The second-order valence-electron chi connectivity index (χ2n) is 5.41. The molecule has 0 radical (unpaired) electrons. The summed E-state index contributed by atoms with van der Waals surface area (Å²) in [4.78, 5) is 45.0. The molecule has 0 saturated carbocycles. The molecule has 0 aromatic heterocycles. The van der Waals surface area contributed by atoms with Crippen LogP contribution >= 0.6 is 0 Å². The first-order valence-electron chi connectivity index (χ1n) is 7.66. The van der Waals surface area contributed by atoms with Crippen LogP contribution in [0.5, 0.6) is 0 Å². The Balaban J connectivity index is 2.45. The smallest absolute Gasteiger partial charge is 0.305 e. The average Bonchev–Trinajstić information content (AvgIpc) is 2.54. The van der Waals surface area contributed by atoms with Crippen LogP contribution in [0.25, 0.3) is 0 Å². The van der Waals surface area contributed by atoms with Crippen LogP contribution < -0.4 is 16.5 Å². The number of carbonyl (C=O) groups excluding carboxylic acids is 2. The lowest BCUT2D eigenvalue weighted by Crippen LogP contribution is -2.38. The summed E-state index contributed by atoms with van der Waals surface area (Å²) in [5.74, 6) is 1.58. The maximum atomic E-state index is 11.8. The summed E-state index contributed by atoms with van der Waals surface area (Å²) < 4.78 is 0. The largest absolute Gasteiger partial charge is 0.481 e. The highest BCUT2D eigenvalue weighted by atomic mass is 16.4. The Labute approximate surface area is 149 Å². The van der Waals surface area contributed by atoms with Gasteiger partial charge in [-0.25, -0.2) is 0 Å². The van der Waals surface area contributed by atoms with E-state index in [1.165, 1.54) is 6.21 Å². The number of carbonyl (C=O) groups is 4. The first kappa shape index (κ1) is 20.6. The van der Waals surface area contributed by atoms with Gasteiger partial charge in [-0.15, -0.1) is 0 Å². The van der Waals surface area contributed by atoms with Gasteiger partial charge in [-0.05, 0) is 17.7 Å². The van der Waals surface area contributed by atoms with E-state index >= 15 is 0 Å². The number of benzene rings is 1. The summed E-state index contributed by atoms with van der Waals surface area (Å²) in [6.07, 6.45) is 0.0934. The number of hydrogen-bond donors (Lipinski definition) is 5. The van der Waals surface area contributed by atoms with Crippen molar-refractivity contribution in [2.75, 3.05) is 5.32 Å². The molecular weight excluding hydrogens is 344 g/mol. The molecule has 0 spiro atoms. The first-order chi connectivity index (χ1) is 12.3. The van der Waals surface area contributed by atoms with Gasteiger partial charge in [0.2, 0.25) is 11.8 Å². The van der Waals surface area contributed by atoms with Gasteiger partial charge in [0.1, 0.15) is 0 Å². The molecule has 1 aromatic carbocycles. The number of rotatable bonds is 10. The molecular formula is C16H20N4O6. The van der Waals surface area contributed by atoms with E-state index in [0.29, 0.717) is 5.69 Å². The van der Waals surface area contributed by atoms with E-state index in [1.54, 1.807) is 24.3 Å². The Morgan fingerprint density at radius 2 is 1.54 bits per heavy atom. The van der Waals surface area contributed by atoms with Gasteiger partial charge in [-0.3, -0.25) is 19.2 Å². The zero-order valence-corrected chi connectivity index (χ0v) is 13.8. The number of amides is 2. The monoisotopic (exact) mass is 364 g/mol. The molecule has 0 atom stereocenters. The van der Waals surface area contributed by atoms with Crippen molar-refractivity contribution in [1.29, 1.82) is 0 Å². The predicted molar refractivity (Wildman–Crippen MR) is 92.5 cm³/mol. The lowest BCUT2D eigenvalue weighted by atomic mass is 10.1. The molecule has 0 aliphatic rings. The summed E-state index contributed by atoms with van der Waals surface area (Å²) in [7, 11) is 0. The molecule has 2 amide bonds. The number of carboxylic acid groups (broad SMARTS) is 2. The molecule has 1 aromatic rings. The number of nitrogens with zero attached hydrogens (tertiary/aromatic N) is 1. The van der Waals surface area contributed by atoms with Gasteiger partial charge in [0, 0.05) is 24.6 Å². The van der Waals surface area contributed by atoms with Crippen molar-refractivity contribution >= 4 is 35.7 Å². The molecule has 140 valence electrons. The number of nitrogens with two attached hydrogens (primary N) is 1. The van der Waals surface area contributed by atoms with Gasteiger partial charge in [-0.2, -0.15) is 5.10 Å². The van der Waals surface area contributed by atoms with Gasteiger partial charge in [0.25, 0.3) is 0 Å². The highest BCUT2D eigenvalue weighted by Crippen LogP contribution is 2.09. The van der Waals surface area contributed by atoms with E-state index < -0.39 is 42.6 Å². The number of aliphatic carboxylic acids is 2. The van der Waals surface area contributed by atoms with Crippen molar-refractivity contribution in [3.8, 4) is 0 Å². The third-order valence-corrected chi connectivity index (χ3v) is 3.20. The third kappa shape index (κ3) is 8.43. The van der Waals surface area contributed by atoms with E-state index in [-0.39, 0.29) is 12.8 Å². The van der Waals surface area contributed by atoms with Crippen molar-refractivity contribution in [2.45, 2.75) is 31.7 Å². The molecule has 10 heteroatoms. The molecule has 0 saturated heterocycles. The van der Waals surface area contributed by atoms with E-state index in [9.17, 15) is 19.2 Å². The van der Waals surface area contributed by atoms with Crippen LogP contribution in [0.15, 0.2) is 29.4 Å². The van der Waals surface area contributed by atoms with E-state index in [1.807, 2.05) is 0 Å². The Morgan fingerprint density at radius 3 is 2.04 bits per heavy atom. The van der Waals surface area contributed by atoms with E-state index in [0.717, 1.165) is 5.56 Å². The fourth-order valence-electron chi connectivity index (χ4n) is 2.08. The molecule has 0 aliphatic carbocycles. The van der Waals surface area contributed by atoms with Crippen molar-refractivity contribution in [3.05, 3.63) is 29.8 Å². The topological polar surface area (TPSA) is 171 Å². The third-order valence-electron chi connectivity index (χ3n) is 3.20. The van der Waals surface area contributed by atoms with Crippen LogP contribution in [0.4, 0.5) is 5.69 Å². The minimum Gasteiger partial charge on any atom is -0.481 e. The van der Waals surface area contributed by atoms with Crippen LogP contribution in [-0.4, -0.2) is 46.2 Å². The standard InChI is InChI=1S/C16H20N4O6/c17-18-9-10-1-3-11(4-2-10)19-13(21)5-6-14(22)20-12(7-15(23)24)8-16(25)26/h1-4,9,12H,5-8,17H2,(H,19,21)(H,20,22)(H,23,24)(H,25,26). The lowest BCUT2D eigenvalue weighted by molar-refractivity contribution is -0.140. The SMILES string of the molecule is NN=Cc1ccc(NC(=O)CCC(=O)NC(CC(=O)O)CC(=O)O)cc1. The van der Waals surface area contributed by atoms with Crippen LogP contribution in [0.3, 0.4) is 0 Å². The highest BCUT2D eigenvalue weighted by Gasteiger charge is 2.19. The maximum Gasteiger partial charge on any atom is 0.305 e. The van der Waals surface area contributed by atoms with Gasteiger partial charge < -0.3 is 26.7 Å². The average molecular weight is 364 g/mol. The second kappa shape index (κ2) is 10.4. The second-order valence-corrected chi connectivity index (χ2v) is 5.41. The van der Waals surface area contributed by atoms with Crippen molar-refractivity contribution in [3.63, 3.8) is 0 Å². The summed E-state index contributed by atoms with van der Waals surface area (Å²) >= 11 is 0. The fraction of sp³-hybridized carbons (Fsp3) is 0.312. The van der Waals surface area contributed by atoms with Crippen LogP contribution in [-0.2, 0) is 19.2 Å². The zero-order valence-electron chi connectivity index (χ0n) is 13.8. The van der Waals surface area contributed by atoms with E-state index in [4.69, 9.17) is 16.1 Å². The number of hydrogen-bond acceptors (Lipinski definition) is 6. The Hall–Kier alpha value is -3.43. The molecule has 6 N–H and O–H groups in total. The summed E-state index contributed by atoms with van der Waals surface area (Å²) in [6.45, 7) is 0. The van der Waals surface area contributed by atoms with E-state index in [2.05, 4.69) is 15.7 Å². The lowest BCUT2D eigenvalue weighted by Gasteiger charge is -2.14. The first-order valence-corrected chi connectivity index (χ1v) is 7.66. The maximum absolute atomic E-state index is 11.8. The van der Waals surface area contributed by atoms with Crippen molar-refractivity contribution in [2.24, 2.45) is 10.9 Å². The van der Waals surface area contributed by atoms with Crippen LogP contribution in [0.1, 0.15) is 31.2 Å². The summed E-state index contributed by atoms with van der Waals surface area (Å²) in [5, 5.41) is 25.7. The number of carboxylic acids is 2. The number of nitrogens with one attached hydrogen (secondary N) is 2. The van der Waals surface area contributed by atoms with Crippen molar-refractivity contribution in [1.82, 2.24) is 5.32 Å². The quantitative estimate of drug-likeness (QED) is 0.223. The van der Waals surface area contributed by atoms with Gasteiger partial charge >= 0.3 is 11.9 Å². The fourth-order valence-corrected chi connectivity index (χ4v) is 2.08. The molecule has 0 unspecified atom stereocenters. The Kier molecular flexibility index (Phi) is 8.28. The molecule has 0 fully saturated rings. The number of anilines is 1. The minimum atomic E-state index is -1.22. The Morgan fingerprint density at radius 1 is 1.00 bits per heavy atom. The minimum absolute atomic E-state index is 0.134. The van der Waals surface area contributed by atoms with Crippen LogP contribution in [0.2, 0.25) is 0 Å². The number of hydrazone groups is 1. The van der Waals surface area contributed by atoms with Gasteiger partial charge in [0.05, 0.1) is 19.1 Å². The molecule has 0 aliphatic heterocycles. The predicted octanol–water partition coefficient (Wildman–Crippen LogP) is 0.132. The molecule has 1 rings (SSSR count). The molecule has 0 bridgehead atoms. The van der Waals surface area contributed by atoms with Gasteiger partial charge in [0.15, 0.2) is 0 Å². The summed E-state index contributed by atoms with van der Waals surface area (Å²) in [5.41, 5.74) is 1.28. The zero-order chi connectivity index (χ0) is 19.5. The van der Waals surface area contributed by atoms with Crippen LogP contribution in [0, 0.1) is 0 Å². The molecule has 10 nitrogen and oxygen atoms in total.